The fourth-order valence-corrected chi connectivity index (χ4v) is 5.98. The lowest BCUT2D eigenvalue weighted by atomic mass is 9.55. The number of amides is 2. The SMILES string of the molecule is COc1cccc(C)c1N1C(=O)C2C3c4ccccc4C(c4ccccc43)C2C1=O. The molecule has 3 aromatic carbocycles. The molecule has 1 saturated heterocycles. The predicted octanol–water partition coefficient (Wildman–Crippen LogP) is 4.40. The Labute approximate surface area is 175 Å². The van der Waals surface area contributed by atoms with Crippen LogP contribution in [0.2, 0.25) is 0 Å². The lowest BCUT2D eigenvalue weighted by molar-refractivity contribution is -0.122. The van der Waals surface area contributed by atoms with Crippen LogP contribution in [0.1, 0.15) is 39.7 Å². The second-order valence-corrected chi connectivity index (χ2v) is 8.40. The molecule has 3 aliphatic carbocycles. The van der Waals surface area contributed by atoms with Crippen LogP contribution in [0.3, 0.4) is 0 Å². The smallest absolute Gasteiger partial charge is 0.238 e. The van der Waals surface area contributed by atoms with Crippen molar-refractivity contribution in [1.29, 1.82) is 0 Å². The minimum Gasteiger partial charge on any atom is -0.495 e. The molecule has 0 spiro atoms. The number of methoxy groups -OCH3 is 1. The number of ether oxygens (including phenoxy) is 1. The van der Waals surface area contributed by atoms with E-state index in [1.165, 1.54) is 27.2 Å². The third-order valence-electron chi connectivity index (χ3n) is 7.09. The van der Waals surface area contributed by atoms with Crippen molar-refractivity contribution < 1.29 is 14.3 Å². The number of rotatable bonds is 2. The maximum atomic E-state index is 13.8. The Morgan fingerprint density at radius 2 is 1.17 bits per heavy atom. The summed E-state index contributed by atoms with van der Waals surface area (Å²) in [6.07, 6.45) is 0. The number of aryl methyl sites for hydroxylation is 1. The van der Waals surface area contributed by atoms with Gasteiger partial charge in [-0.25, -0.2) is 4.90 Å². The first-order chi connectivity index (χ1) is 14.6. The maximum Gasteiger partial charge on any atom is 0.238 e. The van der Waals surface area contributed by atoms with Gasteiger partial charge in [-0.15, -0.1) is 0 Å². The van der Waals surface area contributed by atoms with Crippen LogP contribution in [0.15, 0.2) is 66.7 Å². The van der Waals surface area contributed by atoms with Crippen LogP contribution in [0.5, 0.6) is 5.75 Å². The van der Waals surface area contributed by atoms with Crippen LogP contribution in [-0.4, -0.2) is 18.9 Å². The number of imide groups is 1. The van der Waals surface area contributed by atoms with Gasteiger partial charge in [0.15, 0.2) is 0 Å². The van der Waals surface area contributed by atoms with Gasteiger partial charge in [0.05, 0.1) is 24.6 Å². The first kappa shape index (κ1) is 17.5. The van der Waals surface area contributed by atoms with E-state index in [0.29, 0.717) is 11.4 Å². The van der Waals surface area contributed by atoms with Gasteiger partial charge in [-0.05, 0) is 40.8 Å². The number of hydrogen-bond donors (Lipinski definition) is 0. The molecule has 2 bridgehead atoms. The molecule has 0 aromatic heterocycles. The third kappa shape index (κ3) is 2.01. The van der Waals surface area contributed by atoms with Crippen molar-refractivity contribution in [3.63, 3.8) is 0 Å². The summed E-state index contributed by atoms with van der Waals surface area (Å²) >= 11 is 0. The van der Waals surface area contributed by atoms with Crippen molar-refractivity contribution in [1.82, 2.24) is 0 Å². The van der Waals surface area contributed by atoms with Gasteiger partial charge in [0.1, 0.15) is 5.75 Å². The molecule has 7 rings (SSSR count). The first-order valence-corrected chi connectivity index (χ1v) is 10.3. The lowest BCUT2D eigenvalue weighted by Gasteiger charge is -2.45. The van der Waals surface area contributed by atoms with Crippen LogP contribution < -0.4 is 9.64 Å². The highest BCUT2D eigenvalue weighted by atomic mass is 16.5. The monoisotopic (exact) mass is 395 g/mol. The van der Waals surface area contributed by atoms with E-state index in [2.05, 4.69) is 24.3 Å². The van der Waals surface area contributed by atoms with Crippen molar-refractivity contribution in [3.05, 3.63) is 94.5 Å². The van der Waals surface area contributed by atoms with E-state index in [4.69, 9.17) is 4.74 Å². The zero-order valence-electron chi connectivity index (χ0n) is 16.8. The summed E-state index contributed by atoms with van der Waals surface area (Å²) in [6.45, 7) is 1.92. The fraction of sp³-hybridized carbons (Fsp3) is 0.231. The number of carbonyl (C=O) groups excluding carboxylic acids is 2. The van der Waals surface area contributed by atoms with E-state index in [1.54, 1.807) is 7.11 Å². The number of hydrogen-bond acceptors (Lipinski definition) is 3. The molecule has 2 atom stereocenters. The van der Waals surface area contributed by atoms with Crippen LogP contribution >= 0.6 is 0 Å². The molecule has 148 valence electrons. The van der Waals surface area contributed by atoms with Gasteiger partial charge in [0.25, 0.3) is 0 Å². The number of carbonyl (C=O) groups is 2. The highest BCUT2D eigenvalue weighted by Gasteiger charge is 2.62. The van der Waals surface area contributed by atoms with Crippen molar-refractivity contribution in [2.24, 2.45) is 11.8 Å². The van der Waals surface area contributed by atoms with Gasteiger partial charge in [-0.1, -0.05) is 60.7 Å². The third-order valence-corrected chi connectivity index (χ3v) is 7.09. The molecule has 30 heavy (non-hydrogen) atoms. The zero-order valence-corrected chi connectivity index (χ0v) is 16.8. The van der Waals surface area contributed by atoms with Gasteiger partial charge in [0.2, 0.25) is 11.8 Å². The highest BCUT2D eigenvalue weighted by molar-refractivity contribution is 6.24. The van der Waals surface area contributed by atoms with Crippen LogP contribution in [0.4, 0.5) is 5.69 Å². The maximum absolute atomic E-state index is 13.8. The second-order valence-electron chi connectivity index (χ2n) is 8.40. The van der Waals surface area contributed by atoms with Gasteiger partial charge in [-0.2, -0.15) is 0 Å². The molecule has 2 amide bonds. The Balaban J connectivity index is 1.59. The van der Waals surface area contributed by atoms with Crippen molar-refractivity contribution >= 4 is 17.5 Å². The number of para-hydroxylation sites is 1. The van der Waals surface area contributed by atoms with E-state index in [-0.39, 0.29) is 35.5 Å². The van der Waals surface area contributed by atoms with E-state index in [1.807, 2.05) is 49.4 Å². The summed E-state index contributed by atoms with van der Waals surface area (Å²) in [5, 5.41) is 0. The molecule has 1 heterocycles. The van der Waals surface area contributed by atoms with Crippen molar-refractivity contribution in [3.8, 4) is 5.75 Å². The lowest BCUT2D eigenvalue weighted by Crippen LogP contribution is -2.41. The largest absolute Gasteiger partial charge is 0.495 e. The zero-order chi connectivity index (χ0) is 20.6. The Morgan fingerprint density at radius 1 is 0.700 bits per heavy atom. The standard InChI is InChI=1S/C26H21NO3/c1-14-8-7-13-19(30-2)24(14)27-25(28)22-20-15-9-3-4-10-16(15)21(23(22)26(27)29)18-12-6-5-11-17(18)20/h3-13,20-23H,1-2H3. The minimum absolute atomic E-state index is 0.0936. The number of anilines is 1. The summed E-state index contributed by atoms with van der Waals surface area (Å²) in [5.74, 6) is -0.619. The highest BCUT2D eigenvalue weighted by Crippen LogP contribution is 2.61. The van der Waals surface area contributed by atoms with Gasteiger partial charge in [-0.3, -0.25) is 9.59 Å². The quantitative estimate of drug-likeness (QED) is 0.604. The Hall–Kier alpha value is -3.40. The molecule has 4 nitrogen and oxygen atoms in total. The predicted molar refractivity (Wildman–Crippen MR) is 114 cm³/mol. The first-order valence-electron chi connectivity index (χ1n) is 10.3. The molecule has 4 heteroatoms. The van der Waals surface area contributed by atoms with Crippen LogP contribution in [0, 0.1) is 18.8 Å². The van der Waals surface area contributed by atoms with Gasteiger partial charge in [0, 0.05) is 11.8 Å². The normalized spacial score (nSPS) is 25.7. The van der Waals surface area contributed by atoms with E-state index < -0.39 is 0 Å². The average Bonchev–Trinajstić information content (AvgIpc) is 3.04. The molecule has 3 aromatic rings. The summed E-state index contributed by atoms with van der Waals surface area (Å²) < 4.78 is 5.54. The number of benzene rings is 3. The Kier molecular flexibility index (Phi) is 3.52. The molecule has 0 radical (unpaired) electrons. The van der Waals surface area contributed by atoms with Crippen molar-refractivity contribution in [2.75, 3.05) is 12.0 Å². The summed E-state index contributed by atoms with van der Waals surface area (Å²) in [6, 6.07) is 22.2. The topological polar surface area (TPSA) is 46.6 Å². The molecular formula is C26H21NO3. The minimum atomic E-state index is -0.378. The molecule has 1 aliphatic heterocycles. The van der Waals surface area contributed by atoms with Gasteiger partial charge < -0.3 is 4.74 Å². The summed E-state index contributed by atoms with van der Waals surface area (Å²) in [5.41, 5.74) is 6.17. The molecule has 2 unspecified atom stereocenters. The van der Waals surface area contributed by atoms with Crippen LogP contribution in [-0.2, 0) is 9.59 Å². The fourth-order valence-electron chi connectivity index (χ4n) is 5.98. The van der Waals surface area contributed by atoms with E-state index >= 15 is 0 Å². The second kappa shape index (κ2) is 6.05. The Bertz CT molecular complexity index is 1110. The van der Waals surface area contributed by atoms with Crippen LogP contribution in [0.25, 0.3) is 0 Å². The molecule has 1 fully saturated rings. The van der Waals surface area contributed by atoms with Crippen molar-refractivity contribution in [2.45, 2.75) is 18.8 Å². The summed E-state index contributed by atoms with van der Waals surface area (Å²) in [7, 11) is 1.58. The average molecular weight is 395 g/mol. The molecular weight excluding hydrogens is 374 g/mol. The van der Waals surface area contributed by atoms with E-state index in [9.17, 15) is 9.59 Å². The summed E-state index contributed by atoms with van der Waals surface area (Å²) in [4.78, 5) is 29.1. The van der Waals surface area contributed by atoms with E-state index in [0.717, 1.165) is 5.56 Å². The molecule has 4 aliphatic rings. The molecule has 0 saturated carbocycles. The van der Waals surface area contributed by atoms with Gasteiger partial charge >= 0.3 is 0 Å². The Morgan fingerprint density at radius 3 is 1.60 bits per heavy atom. The number of nitrogens with zero attached hydrogens (tertiary/aromatic N) is 1. The molecule has 0 N–H and O–H groups in total.